The summed E-state index contributed by atoms with van der Waals surface area (Å²) >= 11 is 1.50. The number of nitrogens with one attached hydrogen (secondary N) is 1. The normalized spacial score (nSPS) is 11.1. The van der Waals surface area contributed by atoms with Gasteiger partial charge in [0.2, 0.25) is 0 Å². The maximum Gasteiger partial charge on any atom is 0.271 e. The van der Waals surface area contributed by atoms with E-state index in [0.717, 1.165) is 40.7 Å². The van der Waals surface area contributed by atoms with Gasteiger partial charge in [0.05, 0.1) is 33.0 Å². The summed E-state index contributed by atoms with van der Waals surface area (Å²) in [6.07, 6.45) is 2.63. The Kier molecular flexibility index (Phi) is 10.5. The molecule has 43 heavy (non-hydrogen) atoms. The van der Waals surface area contributed by atoms with Crippen molar-refractivity contribution in [3.8, 4) is 11.5 Å². The summed E-state index contributed by atoms with van der Waals surface area (Å²) in [6.45, 7) is 2.43. The molecule has 0 spiro atoms. The number of hydrogen-bond acceptors (Lipinski definition) is 7. The zero-order chi connectivity index (χ0) is 29.9. The number of hydrogen-bond donors (Lipinski definition) is 1. The van der Waals surface area contributed by atoms with Gasteiger partial charge in [-0.05, 0) is 42.3 Å². The number of thiazole rings is 1. The quantitative estimate of drug-likeness (QED) is 0.155. The standard InChI is InChI=1S/C35H36N4O3S/c1-41-30-17-16-28(33(21-30)42-2)23-39(20-18-31(26-11-5-3-6-12-26)27-13-7-4-8-14-27)24-34-38-32(25-43-34)35(40)37-22-29-15-9-10-19-36-29/h3-17,19,21,25,31H,18,20,22-24H2,1-2H3,(H,37,40). The first-order chi connectivity index (χ1) is 21.1. The Balaban J connectivity index is 1.35. The third kappa shape index (κ3) is 8.28. The lowest BCUT2D eigenvalue weighted by molar-refractivity contribution is 0.0945. The van der Waals surface area contributed by atoms with Gasteiger partial charge in [0.1, 0.15) is 22.2 Å². The predicted molar refractivity (Wildman–Crippen MR) is 171 cm³/mol. The summed E-state index contributed by atoms with van der Waals surface area (Å²) in [5.41, 5.74) is 4.86. The molecule has 220 valence electrons. The number of benzene rings is 3. The molecule has 8 heteroatoms. The third-order valence-corrected chi connectivity index (χ3v) is 8.16. The van der Waals surface area contributed by atoms with E-state index >= 15 is 0 Å². The molecule has 5 aromatic rings. The summed E-state index contributed by atoms with van der Waals surface area (Å²) in [4.78, 5) is 24.2. The monoisotopic (exact) mass is 592 g/mol. The minimum absolute atomic E-state index is 0.204. The number of nitrogens with zero attached hydrogens (tertiary/aromatic N) is 3. The smallest absolute Gasteiger partial charge is 0.271 e. The molecule has 0 saturated carbocycles. The van der Waals surface area contributed by atoms with Gasteiger partial charge in [0.15, 0.2) is 0 Å². The van der Waals surface area contributed by atoms with Crippen molar-refractivity contribution in [2.45, 2.75) is 32.0 Å². The zero-order valence-corrected chi connectivity index (χ0v) is 25.3. The first-order valence-electron chi connectivity index (χ1n) is 14.3. The summed E-state index contributed by atoms with van der Waals surface area (Å²) in [5.74, 6) is 1.57. The molecule has 1 N–H and O–H groups in total. The Bertz CT molecular complexity index is 1540. The molecule has 0 saturated heterocycles. The van der Waals surface area contributed by atoms with Crippen LogP contribution in [0.1, 0.15) is 50.2 Å². The van der Waals surface area contributed by atoms with Gasteiger partial charge in [-0.1, -0.05) is 72.8 Å². The molecule has 5 rings (SSSR count). The Morgan fingerprint density at radius 1 is 0.884 bits per heavy atom. The fraction of sp³-hybridized carbons (Fsp3) is 0.229. The van der Waals surface area contributed by atoms with E-state index in [0.29, 0.717) is 25.3 Å². The minimum atomic E-state index is -0.204. The lowest BCUT2D eigenvalue weighted by atomic mass is 9.88. The lowest BCUT2D eigenvalue weighted by Gasteiger charge is -2.26. The number of carbonyl (C=O) groups is 1. The summed E-state index contributed by atoms with van der Waals surface area (Å²) < 4.78 is 11.1. The van der Waals surface area contributed by atoms with Crippen LogP contribution in [0.5, 0.6) is 11.5 Å². The predicted octanol–water partition coefficient (Wildman–Crippen LogP) is 6.71. The van der Waals surface area contributed by atoms with E-state index in [9.17, 15) is 4.79 Å². The van der Waals surface area contributed by atoms with E-state index in [2.05, 4.69) is 81.9 Å². The molecule has 2 aromatic heterocycles. The fourth-order valence-electron chi connectivity index (χ4n) is 5.09. The molecule has 0 unspecified atom stereocenters. The van der Waals surface area contributed by atoms with Crippen LogP contribution in [-0.2, 0) is 19.6 Å². The molecule has 0 radical (unpaired) electrons. The highest BCUT2D eigenvalue weighted by Gasteiger charge is 2.20. The molecule has 3 aromatic carbocycles. The number of rotatable bonds is 14. The van der Waals surface area contributed by atoms with E-state index in [1.165, 1.54) is 22.5 Å². The molecule has 0 fully saturated rings. The first-order valence-corrected chi connectivity index (χ1v) is 15.2. The zero-order valence-electron chi connectivity index (χ0n) is 24.5. The number of carbonyl (C=O) groups excluding carboxylic acids is 1. The minimum Gasteiger partial charge on any atom is -0.497 e. The molecule has 7 nitrogen and oxygen atoms in total. The Morgan fingerprint density at radius 3 is 2.26 bits per heavy atom. The summed E-state index contributed by atoms with van der Waals surface area (Å²) in [5, 5.41) is 5.63. The molecule has 0 atom stereocenters. The van der Waals surface area contributed by atoms with Crippen molar-refractivity contribution < 1.29 is 14.3 Å². The Hall–Kier alpha value is -4.53. The van der Waals surface area contributed by atoms with Gasteiger partial charge in [0, 0.05) is 35.7 Å². The SMILES string of the molecule is COc1ccc(CN(CCC(c2ccccc2)c2ccccc2)Cc2nc(C(=O)NCc3ccccn3)cs2)c(OC)c1. The van der Waals surface area contributed by atoms with Crippen LogP contribution in [0.2, 0.25) is 0 Å². The van der Waals surface area contributed by atoms with Crippen LogP contribution in [0.4, 0.5) is 0 Å². The van der Waals surface area contributed by atoms with Crippen LogP contribution in [0.3, 0.4) is 0 Å². The van der Waals surface area contributed by atoms with Crippen LogP contribution in [0.25, 0.3) is 0 Å². The number of aromatic nitrogens is 2. The Morgan fingerprint density at radius 2 is 1.60 bits per heavy atom. The van der Waals surface area contributed by atoms with E-state index in [4.69, 9.17) is 14.5 Å². The van der Waals surface area contributed by atoms with Crippen LogP contribution >= 0.6 is 11.3 Å². The van der Waals surface area contributed by atoms with Crippen molar-refractivity contribution in [3.05, 3.63) is 142 Å². The lowest BCUT2D eigenvalue weighted by Crippen LogP contribution is -2.26. The van der Waals surface area contributed by atoms with Crippen molar-refractivity contribution >= 4 is 17.2 Å². The molecule has 2 heterocycles. The van der Waals surface area contributed by atoms with Crippen LogP contribution < -0.4 is 14.8 Å². The highest BCUT2D eigenvalue weighted by Crippen LogP contribution is 2.30. The molecule has 1 amide bonds. The van der Waals surface area contributed by atoms with Gasteiger partial charge in [-0.2, -0.15) is 0 Å². The second-order valence-electron chi connectivity index (χ2n) is 10.2. The van der Waals surface area contributed by atoms with Crippen molar-refractivity contribution in [3.63, 3.8) is 0 Å². The van der Waals surface area contributed by atoms with Crippen molar-refractivity contribution in [2.75, 3.05) is 20.8 Å². The van der Waals surface area contributed by atoms with Crippen LogP contribution in [0.15, 0.2) is 109 Å². The molecular weight excluding hydrogens is 556 g/mol. The average molecular weight is 593 g/mol. The topological polar surface area (TPSA) is 76.6 Å². The molecular formula is C35H36N4O3S. The molecule has 0 bridgehead atoms. The van der Waals surface area contributed by atoms with Crippen molar-refractivity contribution in [2.24, 2.45) is 0 Å². The third-order valence-electron chi connectivity index (χ3n) is 7.33. The van der Waals surface area contributed by atoms with Gasteiger partial charge in [0.25, 0.3) is 5.91 Å². The number of methoxy groups -OCH3 is 2. The molecule has 0 aliphatic heterocycles. The first kappa shape index (κ1) is 29.9. The fourth-order valence-corrected chi connectivity index (χ4v) is 5.90. The van der Waals surface area contributed by atoms with Gasteiger partial charge in [-0.3, -0.25) is 14.7 Å². The molecule has 0 aliphatic carbocycles. The van der Waals surface area contributed by atoms with Gasteiger partial charge < -0.3 is 14.8 Å². The second-order valence-corrected chi connectivity index (χ2v) is 11.1. The number of amides is 1. The average Bonchev–Trinajstić information content (AvgIpc) is 3.54. The summed E-state index contributed by atoms with van der Waals surface area (Å²) in [6, 6.07) is 32.9. The highest BCUT2D eigenvalue weighted by molar-refractivity contribution is 7.09. The van der Waals surface area contributed by atoms with Crippen molar-refractivity contribution in [1.82, 2.24) is 20.2 Å². The van der Waals surface area contributed by atoms with Crippen LogP contribution in [0, 0.1) is 0 Å². The largest absolute Gasteiger partial charge is 0.497 e. The number of pyridine rings is 1. The second kappa shape index (κ2) is 15.1. The maximum atomic E-state index is 12.8. The highest BCUT2D eigenvalue weighted by atomic mass is 32.1. The van der Waals surface area contributed by atoms with E-state index in [1.807, 2.05) is 35.7 Å². The van der Waals surface area contributed by atoms with E-state index in [-0.39, 0.29) is 11.8 Å². The molecule has 0 aliphatic rings. The number of ether oxygens (including phenoxy) is 2. The van der Waals surface area contributed by atoms with E-state index < -0.39 is 0 Å². The Labute approximate surface area is 257 Å². The maximum absolute atomic E-state index is 12.8. The van der Waals surface area contributed by atoms with Gasteiger partial charge in [-0.25, -0.2) is 4.98 Å². The summed E-state index contributed by atoms with van der Waals surface area (Å²) in [7, 11) is 3.33. The van der Waals surface area contributed by atoms with Gasteiger partial charge >= 0.3 is 0 Å². The van der Waals surface area contributed by atoms with Crippen molar-refractivity contribution in [1.29, 1.82) is 0 Å². The van der Waals surface area contributed by atoms with Gasteiger partial charge in [-0.15, -0.1) is 11.3 Å². The van der Waals surface area contributed by atoms with Crippen LogP contribution in [-0.4, -0.2) is 41.5 Å². The van der Waals surface area contributed by atoms with E-state index in [1.54, 1.807) is 20.4 Å².